The first-order chi connectivity index (χ1) is 10.3. The molecule has 1 aromatic heterocycles. The average Bonchev–Trinajstić information content (AvgIpc) is 2.96. The van der Waals surface area contributed by atoms with Crippen LogP contribution in [-0.2, 0) is 12.4 Å². The quantitative estimate of drug-likeness (QED) is 0.796. The van der Waals surface area contributed by atoms with Crippen LogP contribution in [0.5, 0.6) is 5.88 Å². The van der Waals surface area contributed by atoms with Crippen molar-refractivity contribution in [1.29, 1.82) is 0 Å². The van der Waals surface area contributed by atoms with Crippen molar-refractivity contribution in [2.75, 3.05) is 13.1 Å². The van der Waals surface area contributed by atoms with Crippen LogP contribution in [-0.4, -0.2) is 34.3 Å². The number of hydrogen-bond acceptors (Lipinski definition) is 4. The number of likely N-dealkylation sites (tertiary alicyclic amines) is 1. The highest BCUT2D eigenvalue weighted by molar-refractivity contribution is 6.16. The van der Waals surface area contributed by atoms with Crippen molar-refractivity contribution in [3.05, 3.63) is 53.7 Å². The van der Waals surface area contributed by atoms with Gasteiger partial charge in [-0.2, -0.15) is 5.10 Å². The van der Waals surface area contributed by atoms with Gasteiger partial charge in [-0.15, -0.1) is 16.7 Å². The molecule has 0 spiro atoms. The van der Waals surface area contributed by atoms with Gasteiger partial charge in [0.15, 0.2) is 0 Å². The summed E-state index contributed by atoms with van der Waals surface area (Å²) in [6.07, 6.45) is 1.20. The van der Waals surface area contributed by atoms with Crippen LogP contribution in [0.2, 0.25) is 0 Å². The maximum absolute atomic E-state index is 5.88. The van der Waals surface area contributed by atoms with Gasteiger partial charge >= 0.3 is 0 Å². The smallest absolute Gasteiger partial charge is 0.233 e. The van der Waals surface area contributed by atoms with E-state index in [4.69, 9.17) is 16.3 Å². The highest BCUT2D eigenvalue weighted by atomic mass is 35.5. The van der Waals surface area contributed by atoms with Crippen LogP contribution >= 0.6 is 11.6 Å². The average molecular weight is 304 g/mol. The number of hydrogen-bond donors (Lipinski definition) is 0. The standard InChI is InChI=1S/C16H18ClN3O/c17-10-14-6-7-16(19-18-14)21-15-8-9-20(12-15)11-13-4-2-1-3-5-13/h1-7,15H,8-12H2. The van der Waals surface area contributed by atoms with Crippen molar-refractivity contribution in [3.8, 4) is 5.88 Å². The van der Waals surface area contributed by atoms with Crippen LogP contribution in [0, 0.1) is 0 Å². The zero-order valence-corrected chi connectivity index (χ0v) is 12.5. The number of alkyl halides is 1. The second-order valence-electron chi connectivity index (χ2n) is 5.25. The minimum atomic E-state index is 0.185. The van der Waals surface area contributed by atoms with Crippen LogP contribution in [0.3, 0.4) is 0 Å². The normalized spacial score (nSPS) is 18.8. The van der Waals surface area contributed by atoms with E-state index in [2.05, 4.69) is 39.4 Å². The van der Waals surface area contributed by atoms with E-state index in [1.807, 2.05) is 18.2 Å². The topological polar surface area (TPSA) is 38.2 Å². The molecule has 0 amide bonds. The Hall–Kier alpha value is -1.65. The highest BCUT2D eigenvalue weighted by Gasteiger charge is 2.24. The third-order valence-electron chi connectivity index (χ3n) is 3.60. The van der Waals surface area contributed by atoms with E-state index < -0.39 is 0 Å². The Kier molecular flexibility index (Phi) is 4.68. The number of rotatable bonds is 5. The molecule has 21 heavy (non-hydrogen) atoms. The van der Waals surface area contributed by atoms with E-state index in [1.165, 1.54) is 5.56 Å². The Balaban J connectivity index is 1.52. The summed E-state index contributed by atoms with van der Waals surface area (Å²) in [4.78, 5) is 2.40. The van der Waals surface area contributed by atoms with Gasteiger partial charge in [0.1, 0.15) is 6.10 Å². The molecule has 2 aromatic rings. The van der Waals surface area contributed by atoms with Gasteiger partial charge in [0.25, 0.3) is 0 Å². The molecule has 1 saturated heterocycles. The van der Waals surface area contributed by atoms with E-state index >= 15 is 0 Å². The number of nitrogens with zero attached hydrogens (tertiary/aromatic N) is 3. The van der Waals surface area contributed by atoms with Crippen LogP contribution in [0.1, 0.15) is 17.7 Å². The zero-order chi connectivity index (χ0) is 14.5. The summed E-state index contributed by atoms with van der Waals surface area (Å²) in [6.45, 7) is 2.94. The van der Waals surface area contributed by atoms with Crippen LogP contribution in [0.25, 0.3) is 0 Å². The summed E-state index contributed by atoms with van der Waals surface area (Å²) in [6, 6.07) is 14.2. The summed E-state index contributed by atoms with van der Waals surface area (Å²) >= 11 is 5.70. The lowest BCUT2D eigenvalue weighted by atomic mass is 10.2. The number of benzene rings is 1. The molecule has 0 N–H and O–H groups in total. The molecule has 0 saturated carbocycles. The fourth-order valence-electron chi connectivity index (χ4n) is 2.53. The summed E-state index contributed by atoms with van der Waals surface area (Å²) in [5, 5.41) is 8.05. The van der Waals surface area contributed by atoms with Crippen molar-refractivity contribution in [1.82, 2.24) is 15.1 Å². The Morgan fingerprint density at radius 1 is 1.14 bits per heavy atom. The maximum atomic E-state index is 5.88. The molecule has 0 bridgehead atoms. The maximum Gasteiger partial charge on any atom is 0.233 e. The van der Waals surface area contributed by atoms with Crippen molar-refractivity contribution < 1.29 is 4.74 Å². The fourth-order valence-corrected chi connectivity index (χ4v) is 2.67. The van der Waals surface area contributed by atoms with Gasteiger partial charge in [-0.3, -0.25) is 4.90 Å². The molecule has 1 fully saturated rings. The van der Waals surface area contributed by atoms with Gasteiger partial charge in [0.05, 0.1) is 11.6 Å². The lowest BCUT2D eigenvalue weighted by molar-refractivity contribution is 0.189. The molecule has 5 heteroatoms. The molecule has 1 atom stereocenters. The second-order valence-corrected chi connectivity index (χ2v) is 5.51. The van der Waals surface area contributed by atoms with E-state index in [0.717, 1.165) is 31.7 Å². The first-order valence-corrected chi connectivity index (χ1v) is 7.68. The Bertz CT molecular complexity index is 561. The summed E-state index contributed by atoms with van der Waals surface area (Å²) < 4.78 is 5.88. The van der Waals surface area contributed by atoms with Gasteiger partial charge in [0, 0.05) is 25.7 Å². The molecule has 110 valence electrons. The van der Waals surface area contributed by atoms with Crippen LogP contribution in [0.15, 0.2) is 42.5 Å². The van der Waals surface area contributed by atoms with E-state index in [0.29, 0.717) is 11.8 Å². The first kappa shape index (κ1) is 14.3. The SMILES string of the molecule is ClCc1ccc(OC2CCN(Cc3ccccc3)C2)nn1. The largest absolute Gasteiger partial charge is 0.472 e. The molecule has 1 unspecified atom stereocenters. The van der Waals surface area contributed by atoms with E-state index in [-0.39, 0.29) is 6.10 Å². The third-order valence-corrected chi connectivity index (χ3v) is 3.87. The summed E-state index contributed by atoms with van der Waals surface area (Å²) in [7, 11) is 0. The Labute approximate surface area is 129 Å². The van der Waals surface area contributed by atoms with Crippen molar-refractivity contribution in [3.63, 3.8) is 0 Å². The van der Waals surface area contributed by atoms with Crippen LogP contribution in [0.4, 0.5) is 0 Å². The first-order valence-electron chi connectivity index (χ1n) is 7.15. The van der Waals surface area contributed by atoms with Gasteiger partial charge in [-0.25, -0.2) is 0 Å². The second kappa shape index (κ2) is 6.87. The molecule has 0 aliphatic carbocycles. The monoisotopic (exact) mass is 303 g/mol. The predicted molar refractivity (Wildman–Crippen MR) is 82.3 cm³/mol. The minimum absolute atomic E-state index is 0.185. The molecule has 1 aliphatic heterocycles. The Morgan fingerprint density at radius 3 is 2.71 bits per heavy atom. The van der Waals surface area contributed by atoms with Gasteiger partial charge < -0.3 is 4.74 Å². The molecule has 3 rings (SSSR count). The highest BCUT2D eigenvalue weighted by Crippen LogP contribution is 2.18. The summed E-state index contributed by atoms with van der Waals surface area (Å²) in [5.41, 5.74) is 2.10. The lowest BCUT2D eigenvalue weighted by Gasteiger charge is -2.16. The number of ether oxygens (including phenoxy) is 1. The van der Waals surface area contributed by atoms with Gasteiger partial charge in [0.2, 0.25) is 5.88 Å². The third kappa shape index (κ3) is 3.93. The molecule has 4 nitrogen and oxygen atoms in total. The zero-order valence-electron chi connectivity index (χ0n) is 11.8. The minimum Gasteiger partial charge on any atom is -0.472 e. The molecular weight excluding hydrogens is 286 g/mol. The predicted octanol–water partition coefficient (Wildman–Crippen LogP) is 2.87. The molecule has 0 radical (unpaired) electrons. The number of halogens is 1. The lowest BCUT2D eigenvalue weighted by Crippen LogP contribution is -2.24. The Morgan fingerprint density at radius 2 is 2.00 bits per heavy atom. The fraction of sp³-hybridized carbons (Fsp3) is 0.375. The van der Waals surface area contributed by atoms with Crippen molar-refractivity contribution in [2.24, 2.45) is 0 Å². The molecule has 1 aromatic carbocycles. The number of aromatic nitrogens is 2. The van der Waals surface area contributed by atoms with E-state index in [1.54, 1.807) is 0 Å². The van der Waals surface area contributed by atoms with E-state index in [9.17, 15) is 0 Å². The molecule has 1 aliphatic rings. The van der Waals surface area contributed by atoms with Crippen molar-refractivity contribution >= 4 is 11.6 Å². The molecular formula is C16H18ClN3O. The molecule has 2 heterocycles. The summed E-state index contributed by atoms with van der Waals surface area (Å²) in [5.74, 6) is 0.956. The van der Waals surface area contributed by atoms with Crippen molar-refractivity contribution in [2.45, 2.75) is 24.9 Å². The van der Waals surface area contributed by atoms with Crippen LogP contribution < -0.4 is 4.74 Å². The van der Waals surface area contributed by atoms with Gasteiger partial charge in [-0.1, -0.05) is 30.3 Å². The van der Waals surface area contributed by atoms with Gasteiger partial charge in [-0.05, 0) is 18.1 Å².